The van der Waals surface area contributed by atoms with E-state index in [4.69, 9.17) is 28.2 Å². The number of rotatable bonds is 7. The molecule has 2 amide bonds. The second kappa shape index (κ2) is 12.9. The zero-order valence-electron chi connectivity index (χ0n) is 27.4. The second-order valence-corrected chi connectivity index (χ2v) is 15.9. The van der Waals surface area contributed by atoms with E-state index in [1.165, 1.54) is 11.8 Å². The molecule has 7 atom stereocenters. The first-order valence-electron chi connectivity index (χ1n) is 16.3. The lowest BCUT2D eigenvalue weighted by Gasteiger charge is -2.38. The Balaban J connectivity index is 1.36. The highest BCUT2D eigenvalue weighted by Gasteiger charge is 2.55. The summed E-state index contributed by atoms with van der Waals surface area (Å²) in [4.78, 5) is 42.5. The predicted molar refractivity (Wildman–Crippen MR) is 186 cm³/mol. The Kier molecular flexibility index (Phi) is 9.44. The summed E-state index contributed by atoms with van der Waals surface area (Å²) >= 11 is 14.2. The Morgan fingerprint density at radius 1 is 1.17 bits per heavy atom. The van der Waals surface area contributed by atoms with Crippen LogP contribution in [0.2, 0.25) is 5.02 Å². The molecule has 2 fully saturated rings. The van der Waals surface area contributed by atoms with Crippen molar-refractivity contribution in [2.75, 3.05) is 33.9 Å². The monoisotopic (exact) mass is 687 g/mol. The van der Waals surface area contributed by atoms with E-state index in [-0.39, 0.29) is 47.2 Å². The summed E-state index contributed by atoms with van der Waals surface area (Å²) in [5.41, 5.74) is 2.43. The van der Waals surface area contributed by atoms with Crippen molar-refractivity contribution in [3.8, 4) is 0 Å². The zero-order valence-corrected chi connectivity index (χ0v) is 29.7. The van der Waals surface area contributed by atoms with Crippen LogP contribution in [-0.2, 0) is 15.1 Å². The Morgan fingerprint density at radius 2 is 1.89 bits per heavy atom. The van der Waals surface area contributed by atoms with E-state index in [0.717, 1.165) is 28.4 Å². The number of benzene rings is 1. The maximum Gasteiger partial charge on any atom is 0.263 e. The fourth-order valence-corrected chi connectivity index (χ4v) is 9.54. The van der Waals surface area contributed by atoms with E-state index in [1.807, 2.05) is 56.3 Å². The fraction of sp³-hybridized carbons (Fsp3) is 0.571. The second-order valence-electron chi connectivity index (χ2n) is 14.0. The molecule has 4 heterocycles. The van der Waals surface area contributed by atoms with Gasteiger partial charge in [0.1, 0.15) is 16.5 Å². The lowest BCUT2D eigenvalue weighted by Crippen LogP contribution is -2.50. The van der Waals surface area contributed by atoms with Gasteiger partial charge in [0, 0.05) is 41.8 Å². The molecule has 7 nitrogen and oxygen atoms in total. The first-order valence-corrected chi connectivity index (χ1v) is 17.9. The Bertz CT molecular complexity index is 1510. The lowest BCUT2D eigenvalue weighted by molar-refractivity contribution is -0.142. The van der Waals surface area contributed by atoms with Gasteiger partial charge in [0.15, 0.2) is 5.17 Å². The number of hydrogen-bond acceptors (Lipinski definition) is 6. The summed E-state index contributed by atoms with van der Waals surface area (Å²) in [7, 11) is 3.86. The molecular formula is C35H44Cl2FN5O2S. The number of aliphatic imine (C=N–C) groups is 1. The van der Waals surface area contributed by atoms with Crippen LogP contribution in [0, 0.1) is 11.8 Å². The summed E-state index contributed by atoms with van der Waals surface area (Å²) in [5, 5.41) is 1.38. The maximum atomic E-state index is 14.7. The van der Waals surface area contributed by atoms with Crippen LogP contribution in [0.25, 0.3) is 0 Å². The van der Waals surface area contributed by atoms with Gasteiger partial charge >= 0.3 is 0 Å². The number of hydrogen-bond donors (Lipinski definition) is 0. The number of allylic oxidation sites excluding steroid dienone is 3. The van der Waals surface area contributed by atoms with Gasteiger partial charge in [-0.05, 0) is 88.2 Å². The molecule has 11 heteroatoms. The Morgan fingerprint density at radius 3 is 2.48 bits per heavy atom. The molecule has 46 heavy (non-hydrogen) atoms. The smallest absolute Gasteiger partial charge is 0.263 e. The molecule has 0 aromatic heterocycles. The number of fused-ring (bicyclic) bond motifs is 1. The fourth-order valence-electron chi connectivity index (χ4n) is 7.90. The third kappa shape index (κ3) is 5.73. The van der Waals surface area contributed by atoms with Gasteiger partial charge in [-0.15, -0.1) is 11.6 Å². The van der Waals surface area contributed by atoms with Crippen molar-refractivity contribution in [1.29, 1.82) is 0 Å². The Hall–Kier alpha value is -2.33. The van der Waals surface area contributed by atoms with Gasteiger partial charge in [-0.25, -0.2) is 4.99 Å². The van der Waals surface area contributed by atoms with Gasteiger partial charge in [-0.3, -0.25) is 14.0 Å². The third-order valence-corrected chi connectivity index (χ3v) is 12.0. The zero-order chi connectivity index (χ0) is 33.1. The van der Waals surface area contributed by atoms with E-state index in [1.54, 1.807) is 9.80 Å². The molecule has 2 unspecified atom stereocenters. The van der Waals surface area contributed by atoms with Crippen LogP contribution in [0.4, 0.5) is 4.39 Å². The third-order valence-electron chi connectivity index (χ3n) is 10.3. The van der Waals surface area contributed by atoms with Crippen LogP contribution in [0.15, 0.2) is 63.7 Å². The summed E-state index contributed by atoms with van der Waals surface area (Å²) in [6, 6.07) is 6.96. The number of likely N-dealkylation sites (N-methyl/N-ethyl adjacent to an activating group) is 1. The standard InChI is InChI=1S/C35H44Cl2FN5O2S/c1-20(2)29-30(33(45)42-21(3)7-16-27(42)32(44)41-18-23(17-38)28(19-41)40(5)6)46-34-39-35(4,24-10-14-26(37)15-11-24)31(43(29)34)22-8-12-25(36)13-9-22/h8-12,14-15,20-21,23,25,27-28,31H,7,13,16-19H2,1-6H3/t21-,23-,25?,27+,28?,31-,35+/m1/s1. The van der Waals surface area contributed by atoms with E-state index >= 15 is 0 Å². The summed E-state index contributed by atoms with van der Waals surface area (Å²) in [6.45, 7) is 8.77. The maximum absolute atomic E-state index is 14.7. The van der Waals surface area contributed by atoms with Crippen molar-refractivity contribution in [3.63, 3.8) is 0 Å². The number of thioether (sulfide) groups is 1. The minimum absolute atomic E-state index is 0.0139. The summed E-state index contributed by atoms with van der Waals surface area (Å²) in [6.07, 6.45) is 8.38. The van der Waals surface area contributed by atoms with Gasteiger partial charge < -0.3 is 19.6 Å². The van der Waals surface area contributed by atoms with Gasteiger partial charge in [0.25, 0.3) is 5.91 Å². The molecule has 4 aliphatic heterocycles. The number of carbonyl (C=O) groups is 2. The van der Waals surface area contributed by atoms with Crippen LogP contribution < -0.4 is 0 Å². The molecule has 0 radical (unpaired) electrons. The van der Waals surface area contributed by atoms with Gasteiger partial charge in [0.2, 0.25) is 5.91 Å². The molecule has 6 rings (SSSR count). The highest BCUT2D eigenvalue weighted by molar-refractivity contribution is 8.18. The number of likely N-dealkylation sites (tertiary alicyclic amines) is 2. The van der Waals surface area contributed by atoms with Gasteiger partial charge in [-0.2, -0.15) is 0 Å². The number of amides is 2. The van der Waals surface area contributed by atoms with Crippen molar-refractivity contribution in [1.82, 2.24) is 19.6 Å². The van der Waals surface area contributed by atoms with E-state index in [0.29, 0.717) is 35.9 Å². The van der Waals surface area contributed by atoms with Crippen molar-refractivity contribution < 1.29 is 14.0 Å². The molecular weight excluding hydrogens is 644 g/mol. The van der Waals surface area contributed by atoms with Gasteiger partial charge in [-0.1, -0.05) is 55.8 Å². The minimum Gasteiger partial charge on any atom is -0.339 e. The highest BCUT2D eigenvalue weighted by atomic mass is 35.5. The molecule has 5 aliphatic rings. The molecule has 0 saturated carbocycles. The molecule has 0 bridgehead atoms. The average Bonchev–Trinajstić information content (AvgIpc) is 3.78. The Labute approximate surface area is 286 Å². The van der Waals surface area contributed by atoms with Crippen molar-refractivity contribution in [2.45, 2.75) is 82.0 Å². The van der Waals surface area contributed by atoms with E-state index < -0.39 is 18.3 Å². The number of carbonyl (C=O) groups excluding carboxylic acids is 2. The summed E-state index contributed by atoms with van der Waals surface area (Å²) < 4.78 is 13.9. The van der Waals surface area contributed by atoms with Crippen LogP contribution in [0.1, 0.15) is 52.5 Å². The molecule has 248 valence electrons. The first kappa shape index (κ1) is 33.6. The van der Waals surface area contributed by atoms with Crippen molar-refractivity contribution >= 4 is 51.9 Å². The molecule has 2 saturated heterocycles. The molecule has 0 spiro atoms. The van der Waals surface area contributed by atoms with Crippen LogP contribution in [0.3, 0.4) is 0 Å². The van der Waals surface area contributed by atoms with Crippen molar-refractivity contribution in [3.05, 3.63) is 69.3 Å². The van der Waals surface area contributed by atoms with Gasteiger partial charge in [0.05, 0.1) is 18.1 Å². The van der Waals surface area contributed by atoms with Crippen LogP contribution >= 0.6 is 35.0 Å². The minimum atomic E-state index is -0.637. The predicted octanol–water partition coefficient (Wildman–Crippen LogP) is 6.44. The normalized spacial score (nSPS) is 32.6. The number of amidine groups is 1. The highest BCUT2D eigenvalue weighted by Crippen LogP contribution is 2.53. The average molecular weight is 689 g/mol. The number of nitrogens with zero attached hydrogens (tertiary/aromatic N) is 5. The molecule has 1 aromatic carbocycles. The van der Waals surface area contributed by atoms with E-state index in [2.05, 4.69) is 37.8 Å². The SMILES string of the molecule is CC(C)C1=C(C(=O)N2[C@H](C)CC[C@H]2C(=O)N2CC(N(C)C)[C@H](CF)C2)SC2=N[C@@](C)(c3ccc(Cl)cc3)[C@@H](C3=CCC(Cl)C=C3)N21. The lowest BCUT2D eigenvalue weighted by atomic mass is 9.79. The molecule has 0 N–H and O–H groups in total. The quantitative estimate of drug-likeness (QED) is 0.309. The molecule has 1 aromatic rings. The first-order chi connectivity index (χ1) is 21.8. The van der Waals surface area contributed by atoms with Crippen molar-refractivity contribution in [2.24, 2.45) is 16.8 Å². The topological polar surface area (TPSA) is 59.5 Å². The van der Waals surface area contributed by atoms with E-state index in [9.17, 15) is 14.0 Å². The molecule has 1 aliphatic carbocycles. The summed E-state index contributed by atoms with van der Waals surface area (Å²) in [5.74, 6) is -0.410. The van der Waals surface area contributed by atoms with Crippen LogP contribution in [0.5, 0.6) is 0 Å². The number of halogens is 3. The largest absolute Gasteiger partial charge is 0.339 e. The number of alkyl halides is 2. The van der Waals surface area contributed by atoms with Crippen LogP contribution in [-0.4, -0.2) is 100.0 Å².